The Hall–Kier alpha value is -4.10. The lowest BCUT2D eigenvalue weighted by molar-refractivity contribution is -0.133. The monoisotopic (exact) mass is 750 g/mol. The standard InChI is InChI=1S/C33H36Br2N8O3/c34-25-18-22(19-26(35)30(25)36)20-27(31(44)41-16-14-40(15-17-41)29-8-4-5-11-37-29)38-32(45)42-12-9-24(10-13-42)43-21-28(39-33(43)46)23-6-2-1-3-7-23/h1-8,11,18-19,21,24,27H,9-10,12-17,20,36H2,(H,38,45)(H,39,46)/t27-/m0/s1. The van der Waals surface area contributed by atoms with Crippen molar-refractivity contribution in [3.63, 3.8) is 0 Å². The van der Waals surface area contributed by atoms with Crippen LogP contribution >= 0.6 is 31.9 Å². The lowest BCUT2D eigenvalue weighted by atomic mass is 10.0. The van der Waals surface area contributed by atoms with Gasteiger partial charge in [-0.15, -0.1) is 0 Å². The second-order valence-electron chi connectivity index (χ2n) is 11.6. The van der Waals surface area contributed by atoms with Crippen molar-refractivity contribution < 1.29 is 9.59 Å². The van der Waals surface area contributed by atoms with Crippen LogP contribution in [0, 0.1) is 0 Å². The maximum absolute atomic E-state index is 14.0. The molecule has 4 N–H and O–H groups in total. The van der Waals surface area contributed by atoms with Crippen molar-refractivity contribution in [3.05, 3.63) is 98.1 Å². The van der Waals surface area contributed by atoms with Gasteiger partial charge in [-0.25, -0.2) is 14.6 Å². The fraction of sp³-hybridized carbons (Fsp3) is 0.333. The predicted octanol–water partition coefficient (Wildman–Crippen LogP) is 4.65. The summed E-state index contributed by atoms with van der Waals surface area (Å²) in [5, 5.41) is 3.05. The summed E-state index contributed by atoms with van der Waals surface area (Å²) in [5.74, 6) is 0.762. The first-order valence-corrected chi connectivity index (χ1v) is 17.0. The smallest absolute Gasteiger partial charge is 0.326 e. The molecule has 0 spiro atoms. The van der Waals surface area contributed by atoms with Crippen molar-refractivity contribution in [1.29, 1.82) is 0 Å². The Labute approximate surface area is 284 Å². The second-order valence-corrected chi connectivity index (χ2v) is 13.4. The summed E-state index contributed by atoms with van der Waals surface area (Å²) in [5.41, 5.74) is 9.11. The molecule has 3 amide bonds. The molecule has 0 bridgehead atoms. The number of rotatable bonds is 7. The molecule has 0 saturated carbocycles. The summed E-state index contributed by atoms with van der Waals surface area (Å²) in [6.07, 6.45) is 5.20. The number of piperidine rings is 1. The van der Waals surface area contributed by atoms with E-state index in [1.165, 1.54) is 0 Å². The number of pyridine rings is 1. The number of urea groups is 1. The third-order valence-corrected chi connectivity index (χ3v) is 10.0. The number of aromatic nitrogens is 3. The molecule has 2 aromatic carbocycles. The van der Waals surface area contributed by atoms with Crippen LogP contribution in [-0.4, -0.2) is 81.6 Å². The third-order valence-electron chi connectivity index (χ3n) is 8.71. The van der Waals surface area contributed by atoms with E-state index in [-0.39, 0.29) is 23.7 Å². The molecule has 240 valence electrons. The zero-order valence-corrected chi connectivity index (χ0v) is 28.4. The van der Waals surface area contributed by atoms with Crippen molar-refractivity contribution in [2.24, 2.45) is 0 Å². The van der Waals surface area contributed by atoms with Crippen LogP contribution in [-0.2, 0) is 11.2 Å². The van der Waals surface area contributed by atoms with Crippen LogP contribution in [0.3, 0.4) is 0 Å². The van der Waals surface area contributed by atoms with Crippen LogP contribution in [0.2, 0.25) is 0 Å². The molecular weight excluding hydrogens is 716 g/mol. The Morgan fingerprint density at radius 1 is 0.935 bits per heavy atom. The summed E-state index contributed by atoms with van der Waals surface area (Å²) >= 11 is 7.01. The van der Waals surface area contributed by atoms with Crippen molar-refractivity contribution in [2.75, 3.05) is 49.9 Å². The van der Waals surface area contributed by atoms with Crippen molar-refractivity contribution in [1.82, 2.24) is 29.7 Å². The maximum Gasteiger partial charge on any atom is 0.326 e. The highest BCUT2D eigenvalue weighted by Crippen LogP contribution is 2.30. The van der Waals surface area contributed by atoms with Gasteiger partial charge in [-0.05, 0) is 80.1 Å². The Morgan fingerprint density at radius 2 is 1.61 bits per heavy atom. The number of nitrogens with two attached hydrogens (primary N) is 1. The molecule has 4 heterocycles. The van der Waals surface area contributed by atoms with E-state index < -0.39 is 6.04 Å². The van der Waals surface area contributed by atoms with Gasteiger partial charge < -0.3 is 30.7 Å². The molecule has 2 fully saturated rings. The number of H-pyrrole nitrogens is 1. The topological polar surface area (TPSA) is 133 Å². The van der Waals surface area contributed by atoms with Crippen molar-refractivity contribution in [2.45, 2.75) is 31.3 Å². The summed E-state index contributed by atoms with van der Waals surface area (Å²) in [6.45, 7) is 3.30. The fourth-order valence-electron chi connectivity index (χ4n) is 6.14. The van der Waals surface area contributed by atoms with E-state index in [4.69, 9.17) is 5.73 Å². The molecular formula is C33H36Br2N8O3. The fourth-order valence-corrected chi connectivity index (χ4v) is 7.42. The molecule has 0 aliphatic carbocycles. The quantitative estimate of drug-likeness (QED) is 0.236. The first-order chi connectivity index (χ1) is 22.3. The van der Waals surface area contributed by atoms with E-state index in [1.54, 1.807) is 15.7 Å². The molecule has 46 heavy (non-hydrogen) atoms. The van der Waals surface area contributed by atoms with Gasteiger partial charge in [0.05, 0.1) is 11.4 Å². The zero-order chi connectivity index (χ0) is 32.2. The highest BCUT2D eigenvalue weighted by atomic mass is 79.9. The van der Waals surface area contributed by atoms with Crippen LogP contribution < -0.4 is 21.6 Å². The number of likely N-dealkylation sites (tertiary alicyclic amines) is 1. The molecule has 2 aliphatic heterocycles. The normalized spacial score (nSPS) is 16.3. The minimum absolute atomic E-state index is 0.0254. The molecule has 0 unspecified atom stereocenters. The minimum atomic E-state index is -0.769. The van der Waals surface area contributed by atoms with Crippen LogP contribution in [0.25, 0.3) is 11.3 Å². The molecule has 4 aromatic rings. The van der Waals surface area contributed by atoms with Crippen molar-refractivity contribution >= 4 is 55.3 Å². The van der Waals surface area contributed by atoms with E-state index in [2.05, 4.69) is 52.0 Å². The predicted molar refractivity (Wildman–Crippen MR) is 186 cm³/mol. The number of imidazole rings is 1. The highest BCUT2D eigenvalue weighted by molar-refractivity contribution is 9.11. The van der Waals surface area contributed by atoms with Gasteiger partial charge >= 0.3 is 11.7 Å². The van der Waals surface area contributed by atoms with E-state index in [0.29, 0.717) is 64.2 Å². The number of nitrogens with one attached hydrogen (secondary N) is 2. The molecule has 2 aliphatic rings. The maximum atomic E-state index is 14.0. The summed E-state index contributed by atoms with van der Waals surface area (Å²) < 4.78 is 3.18. The first-order valence-electron chi connectivity index (χ1n) is 15.4. The highest BCUT2D eigenvalue weighted by Gasteiger charge is 2.32. The number of hydrogen-bond acceptors (Lipinski definition) is 6. The summed E-state index contributed by atoms with van der Waals surface area (Å²) in [6, 6.07) is 18.2. The minimum Gasteiger partial charge on any atom is -0.397 e. The van der Waals surface area contributed by atoms with Gasteiger partial charge in [0.15, 0.2) is 0 Å². The van der Waals surface area contributed by atoms with E-state index >= 15 is 0 Å². The average Bonchev–Trinajstić information content (AvgIpc) is 3.48. The number of carbonyl (C=O) groups excluding carboxylic acids is 2. The zero-order valence-electron chi connectivity index (χ0n) is 25.2. The number of carbonyl (C=O) groups is 2. The summed E-state index contributed by atoms with van der Waals surface area (Å²) in [4.78, 5) is 53.5. The van der Waals surface area contributed by atoms with E-state index in [9.17, 15) is 14.4 Å². The van der Waals surface area contributed by atoms with Crippen LogP contribution in [0.15, 0.2) is 86.8 Å². The van der Waals surface area contributed by atoms with E-state index in [1.807, 2.05) is 71.8 Å². The van der Waals surface area contributed by atoms with Crippen LogP contribution in [0.4, 0.5) is 16.3 Å². The van der Waals surface area contributed by atoms with Gasteiger partial charge in [-0.3, -0.25) is 9.36 Å². The molecule has 2 aromatic heterocycles. The Balaban J connectivity index is 1.12. The number of hydrogen-bond donors (Lipinski definition) is 3. The SMILES string of the molecule is Nc1c(Br)cc(C[C@H](NC(=O)N2CCC(n3cc(-c4ccccc4)[nH]c3=O)CC2)C(=O)N2CCN(c3ccccn3)CC2)cc1Br. The van der Waals surface area contributed by atoms with Gasteiger partial charge in [0.1, 0.15) is 11.9 Å². The van der Waals surface area contributed by atoms with Gasteiger partial charge in [-0.2, -0.15) is 0 Å². The van der Waals surface area contributed by atoms with Gasteiger partial charge in [0, 0.05) is 73.1 Å². The number of amides is 3. The number of nitrogen functional groups attached to an aromatic ring is 1. The Kier molecular flexibility index (Phi) is 9.78. The molecule has 2 saturated heterocycles. The van der Waals surface area contributed by atoms with Gasteiger partial charge in [0.2, 0.25) is 5.91 Å². The number of nitrogens with zero attached hydrogens (tertiary/aromatic N) is 5. The molecule has 1 atom stereocenters. The number of anilines is 2. The number of halogens is 2. The van der Waals surface area contributed by atoms with Crippen LogP contribution in [0.1, 0.15) is 24.4 Å². The molecule has 11 nitrogen and oxygen atoms in total. The van der Waals surface area contributed by atoms with E-state index in [0.717, 1.165) is 31.6 Å². The molecule has 13 heteroatoms. The Morgan fingerprint density at radius 3 is 2.26 bits per heavy atom. The van der Waals surface area contributed by atoms with Gasteiger partial charge in [0.25, 0.3) is 0 Å². The third kappa shape index (κ3) is 7.15. The number of benzene rings is 2. The van der Waals surface area contributed by atoms with Crippen LogP contribution in [0.5, 0.6) is 0 Å². The Bertz CT molecular complexity index is 1710. The lowest BCUT2D eigenvalue weighted by Crippen LogP contribution is -2.57. The molecule has 6 rings (SSSR count). The average molecular weight is 753 g/mol. The summed E-state index contributed by atoms with van der Waals surface area (Å²) in [7, 11) is 0. The lowest BCUT2D eigenvalue weighted by Gasteiger charge is -2.38. The largest absolute Gasteiger partial charge is 0.397 e. The number of piperazine rings is 1. The van der Waals surface area contributed by atoms with Crippen molar-refractivity contribution in [3.8, 4) is 11.3 Å². The van der Waals surface area contributed by atoms with Gasteiger partial charge in [-0.1, -0.05) is 36.4 Å². The molecule has 0 radical (unpaired) electrons. The second kappa shape index (κ2) is 14.1. The first kappa shape index (κ1) is 31.9. The number of aromatic amines is 1.